The minimum absolute atomic E-state index is 0.113. The zero-order chi connectivity index (χ0) is 13.7. The van der Waals surface area contributed by atoms with E-state index in [4.69, 9.17) is 16.3 Å². The highest BCUT2D eigenvalue weighted by molar-refractivity contribution is 6.20. The first-order valence-electron chi connectivity index (χ1n) is 5.20. The lowest BCUT2D eigenvalue weighted by molar-refractivity contribution is -0.385. The maximum atomic E-state index is 11.7. The van der Waals surface area contributed by atoms with Gasteiger partial charge in [-0.05, 0) is 19.1 Å². The van der Waals surface area contributed by atoms with Gasteiger partial charge in [0.15, 0.2) is 5.75 Å². The van der Waals surface area contributed by atoms with Crippen molar-refractivity contribution >= 4 is 23.2 Å². The first kappa shape index (κ1) is 14.2. The molecule has 1 atom stereocenters. The van der Waals surface area contributed by atoms with Crippen molar-refractivity contribution in [3.05, 3.63) is 33.9 Å². The van der Waals surface area contributed by atoms with Crippen molar-refractivity contribution in [2.45, 2.75) is 12.3 Å². The van der Waals surface area contributed by atoms with Gasteiger partial charge in [-0.3, -0.25) is 14.9 Å². The van der Waals surface area contributed by atoms with Gasteiger partial charge in [0.05, 0.1) is 12.0 Å². The van der Waals surface area contributed by atoms with E-state index < -0.39 is 10.8 Å². The molecule has 0 bridgehead atoms. The van der Waals surface area contributed by atoms with Crippen molar-refractivity contribution in [1.29, 1.82) is 0 Å². The molecule has 98 valence electrons. The summed E-state index contributed by atoms with van der Waals surface area (Å²) < 4.78 is 4.85. The Bertz CT molecular complexity index is 462. The molecule has 0 spiro atoms. The fourth-order valence-corrected chi connectivity index (χ4v) is 1.39. The van der Waals surface area contributed by atoms with Gasteiger partial charge in [0, 0.05) is 23.6 Å². The fourth-order valence-electron chi connectivity index (χ4n) is 1.31. The third-order valence-electron chi connectivity index (χ3n) is 2.18. The molecule has 0 radical (unpaired) electrons. The summed E-state index contributed by atoms with van der Waals surface area (Å²) in [7, 11) is 1.33. The quantitative estimate of drug-likeness (QED) is 0.505. The predicted octanol–water partition coefficient (Wildman–Crippen LogP) is 1.96. The smallest absolute Gasteiger partial charge is 0.311 e. The van der Waals surface area contributed by atoms with E-state index in [9.17, 15) is 14.9 Å². The Morgan fingerprint density at radius 2 is 2.28 bits per heavy atom. The average molecular weight is 273 g/mol. The number of ether oxygens (including phenoxy) is 1. The molecule has 0 fully saturated rings. The van der Waals surface area contributed by atoms with Gasteiger partial charge in [-0.1, -0.05) is 0 Å². The Balaban J connectivity index is 2.94. The van der Waals surface area contributed by atoms with E-state index >= 15 is 0 Å². The van der Waals surface area contributed by atoms with E-state index in [1.54, 1.807) is 6.92 Å². The van der Waals surface area contributed by atoms with Crippen molar-refractivity contribution in [2.24, 2.45) is 0 Å². The van der Waals surface area contributed by atoms with Crippen molar-refractivity contribution in [3.63, 3.8) is 0 Å². The molecule has 7 heteroatoms. The first-order valence-corrected chi connectivity index (χ1v) is 5.64. The molecule has 1 unspecified atom stereocenters. The monoisotopic (exact) mass is 272 g/mol. The van der Waals surface area contributed by atoms with Gasteiger partial charge in [-0.25, -0.2) is 0 Å². The molecule has 0 saturated carbocycles. The maximum Gasteiger partial charge on any atom is 0.311 e. The highest BCUT2D eigenvalue weighted by atomic mass is 35.5. The molecule has 1 N–H and O–H groups in total. The number of carbonyl (C=O) groups excluding carboxylic acids is 1. The second-order valence-electron chi connectivity index (χ2n) is 3.63. The minimum Gasteiger partial charge on any atom is -0.490 e. The van der Waals surface area contributed by atoms with Crippen molar-refractivity contribution < 1.29 is 14.5 Å². The summed E-state index contributed by atoms with van der Waals surface area (Å²) in [6, 6.07) is 4.02. The number of benzene rings is 1. The van der Waals surface area contributed by atoms with Crippen LogP contribution in [0.5, 0.6) is 5.75 Å². The van der Waals surface area contributed by atoms with Crippen LogP contribution in [-0.4, -0.2) is 29.9 Å². The number of nitro benzene ring substituents is 1. The zero-order valence-corrected chi connectivity index (χ0v) is 10.7. The summed E-state index contributed by atoms with van der Waals surface area (Å²) in [4.78, 5) is 21.9. The Hall–Kier alpha value is -1.82. The molecule has 0 aliphatic heterocycles. The number of methoxy groups -OCH3 is 1. The van der Waals surface area contributed by atoms with Gasteiger partial charge in [0.1, 0.15) is 0 Å². The number of rotatable bonds is 5. The summed E-state index contributed by atoms with van der Waals surface area (Å²) in [6.45, 7) is 2.03. The van der Waals surface area contributed by atoms with E-state index in [2.05, 4.69) is 5.32 Å². The molecule has 1 rings (SSSR count). The second kappa shape index (κ2) is 6.20. The first-order chi connectivity index (χ1) is 8.45. The standard InChI is InChI=1S/C11H13ClN2O4/c1-7(12)6-13-11(15)8-3-4-10(18-2)9(5-8)14(16)17/h3-5,7H,6H2,1-2H3,(H,13,15). The fraction of sp³-hybridized carbons (Fsp3) is 0.364. The largest absolute Gasteiger partial charge is 0.490 e. The molecule has 0 aromatic heterocycles. The molecule has 0 saturated heterocycles. The number of nitro groups is 1. The highest BCUT2D eigenvalue weighted by Crippen LogP contribution is 2.27. The minimum atomic E-state index is -0.597. The van der Waals surface area contributed by atoms with E-state index in [-0.39, 0.29) is 22.4 Å². The van der Waals surface area contributed by atoms with Crippen LogP contribution in [0.25, 0.3) is 0 Å². The Labute approximate surface area is 109 Å². The van der Waals surface area contributed by atoms with Gasteiger partial charge in [-0.15, -0.1) is 11.6 Å². The topological polar surface area (TPSA) is 81.5 Å². The van der Waals surface area contributed by atoms with Crippen molar-refractivity contribution in [3.8, 4) is 5.75 Å². The molecule has 0 aliphatic rings. The number of halogens is 1. The summed E-state index contributed by atoms with van der Waals surface area (Å²) in [5, 5.41) is 13.2. The lowest BCUT2D eigenvalue weighted by atomic mass is 10.1. The SMILES string of the molecule is COc1ccc(C(=O)NCC(C)Cl)cc1[N+](=O)[O-]. The Kier molecular flexibility index (Phi) is 4.91. The maximum absolute atomic E-state index is 11.7. The summed E-state index contributed by atoms with van der Waals surface area (Å²) in [5.74, 6) is -0.296. The average Bonchev–Trinajstić information content (AvgIpc) is 2.34. The number of carbonyl (C=O) groups is 1. The van der Waals surface area contributed by atoms with Gasteiger partial charge >= 0.3 is 5.69 Å². The van der Waals surface area contributed by atoms with E-state index in [1.165, 1.54) is 25.3 Å². The van der Waals surface area contributed by atoms with Gasteiger partial charge in [-0.2, -0.15) is 0 Å². The van der Waals surface area contributed by atoms with E-state index in [0.717, 1.165) is 0 Å². The van der Waals surface area contributed by atoms with E-state index in [0.29, 0.717) is 6.54 Å². The van der Waals surface area contributed by atoms with Crippen LogP contribution in [0.2, 0.25) is 0 Å². The van der Waals surface area contributed by atoms with Crippen LogP contribution in [0, 0.1) is 10.1 Å². The van der Waals surface area contributed by atoms with Crippen LogP contribution in [0.1, 0.15) is 17.3 Å². The normalized spacial score (nSPS) is 11.7. The molecule has 18 heavy (non-hydrogen) atoms. The van der Waals surface area contributed by atoms with Crippen molar-refractivity contribution in [1.82, 2.24) is 5.32 Å². The molecule has 1 aromatic rings. The molecule has 0 heterocycles. The number of hydrogen-bond acceptors (Lipinski definition) is 4. The Morgan fingerprint density at radius 3 is 2.78 bits per heavy atom. The van der Waals surface area contributed by atoms with Gasteiger partial charge in [0.25, 0.3) is 5.91 Å². The number of nitrogens with zero attached hydrogens (tertiary/aromatic N) is 1. The number of nitrogens with one attached hydrogen (secondary N) is 1. The van der Waals surface area contributed by atoms with Gasteiger partial charge < -0.3 is 10.1 Å². The lowest BCUT2D eigenvalue weighted by Gasteiger charge is -2.07. The molecule has 1 amide bonds. The molecule has 6 nitrogen and oxygen atoms in total. The van der Waals surface area contributed by atoms with Crippen LogP contribution < -0.4 is 10.1 Å². The molecule has 1 aromatic carbocycles. The lowest BCUT2D eigenvalue weighted by Crippen LogP contribution is -2.28. The van der Waals surface area contributed by atoms with E-state index in [1.807, 2.05) is 0 Å². The highest BCUT2D eigenvalue weighted by Gasteiger charge is 2.18. The van der Waals surface area contributed by atoms with Crippen LogP contribution in [0.3, 0.4) is 0 Å². The summed E-state index contributed by atoms with van der Waals surface area (Å²) in [6.07, 6.45) is 0. The van der Waals surface area contributed by atoms with Crippen LogP contribution in [0.15, 0.2) is 18.2 Å². The third kappa shape index (κ3) is 3.59. The zero-order valence-electron chi connectivity index (χ0n) is 9.97. The van der Waals surface area contributed by atoms with Crippen LogP contribution in [0.4, 0.5) is 5.69 Å². The van der Waals surface area contributed by atoms with Crippen LogP contribution in [-0.2, 0) is 0 Å². The molecule has 0 aliphatic carbocycles. The number of amides is 1. The number of alkyl halides is 1. The van der Waals surface area contributed by atoms with Gasteiger partial charge in [0.2, 0.25) is 0 Å². The summed E-state index contributed by atoms with van der Waals surface area (Å²) >= 11 is 5.70. The molecular formula is C11H13ClN2O4. The van der Waals surface area contributed by atoms with Crippen LogP contribution >= 0.6 is 11.6 Å². The Morgan fingerprint density at radius 1 is 1.61 bits per heavy atom. The van der Waals surface area contributed by atoms with Crippen molar-refractivity contribution in [2.75, 3.05) is 13.7 Å². The predicted molar refractivity (Wildman–Crippen MR) is 67.3 cm³/mol. The molecular weight excluding hydrogens is 260 g/mol. The second-order valence-corrected chi connectivity index (χ2v) is 4.38. The number of hydrogen-bond donors (Lipinski definition) is 1. The summed E-state index contributed by atoms with van der Waals surface area (Å²) in [5.41, 5.74) is -0.0520. The third-order valence-corrected chi connectivity index (χ3v) is 2.34.